The summed E-state index contributed by atoms with van der Waals surface area (Å²) in [5, 5.41) is 15.9. The first-order valence-electron chi connectivity index (χ1n) is 8.24. The van der Waals surface area contributed by atoms with E-state index in [1.807, 2.05) is 0 Å². The summed E-state index contributed by atoms with van der Waals surface area (Å²) in [5.74, 6) is 0.480. The fourth-order valence-corrected chi connectivity index (χ4v) is 3.63. The van der Waals surface area contributed by atoms with E-state index in [9.17, 15) is 4.79 Å². The number of nitrogens with one attached hydrogen (secondary N) is 2. The average Bonchev–Trinajstić information content (AvgIpc) is 2.91. The van der Waals surface area contributed by atoms with Crippen LogP contribution >= 0.6 is 11.3 Å². The number of carbonyl (C=O) groups is 1. The minimum atomic E-state index is -0.149. The van der Waals surface area contributed by atoms with E-state index >= 15 is 0 Å². The summed E-state index contributed by atoms with van der Waals surface area (Å²) < 4.78 is 5.72. The molecule has 2 rings (SSSR count). The van der Waals surface area contributed by atoms with Crippen molar-refractivity contribution in [2.75, 3.05) is 6.54 Å². The number of rotatable bonds is 4. The van der Waals surface area contributed by atoms with E-state index in [-0.39, 0.29) is 23.7 Å². The molecule has 0 saturated carbocycles. The minimum absolute atomic E-state index is 0.00534. The molecule has 2 N–H and O–H groups in total. The van der Waals surface area contributed by atoms with Crippen molar-refractivity contribution < 1.29 is 9.53 Å². The van der Waals surface area contributed by atoms with E-state index in [0.717, 1.165) is 22.9 Å². The molecule has 1 aromatic rings. The van der Waals surface area contributed by atoms with Gasteiger partial charge < -0.3 is 15.4 Å². The van der Waals surface area contributed by atoms with Crippen LogP contribution in [0.4, 0.5) is 4.79 Å². The molecule has 1 aliphatic heterocycles. The van der Waals surface area contributed by atoms with Crippen LogP contribution in [0.1, 0.15) is 57.5 Å². The van der Waals surface area contributed by atoms with Gasteiger partial charge in [-0.3, -0.25) is 0 Å². The number of carbonyl (C=O) groups excluding carboxylic acids is 1. The molecule has 2 heterocycles. The number of nitrogens with zero attached hydrogens (tertiary/aromatic N) is 2. The van der Waals surface area contributed by atoms with Crippen LogP contribution in [0.3, 0.4) is 0 Å². The molecule has 0 unspecified atom stereocenters. The summed E-state index contributed by atoms with van der Waals surface area (Å²) in [6.07, 6.45) is 2.53. The molecule has 0 spiro atoms. The van der Waals surface area contributed by atoms with Gasteiger partial charge in [0, 0.05) is 12.0 Å². The lowest BCUT2D eigenvalue weighted by molar-refractivity contribution is -0.0511. The van der Waals surface area contributed by atoms with Gasteiger partial charge in [0.25, 0.3) is 0 Å². The second kappa shape index (κ2) is 7.57. The van der Waals surface area contributed by atoms with Gasteiger partial charge in [-0.1, -0.05) is 32.1 Å². The Morgan fingerprint density at radius 1 is 1.22 bits per heavy atom. The molecule has 6 nitrogen and oxygen atoms in total. The van der Waals surface area contributed by atoms with Crippen LogP contribution in [0.25, 0.3) is 0 Å². The van der Waals surface area contributed by atoms with Gasteiger partial charge in [-0.2, -0.15) is 0 Å². The quantitative estimate of drug-likeness (QED) is 0.884. The molecular formula is C16H28N4O2S. The Bertz CT molecular complexity index is 516. The SMILES string of the molecule is C[C@@H]1CC(CNC(=O)NCc2nnc(C(C)(C)C)s2)C[C@@H](C)O1. The van der Waals surface area contributed by atoms with E-state index in [1.165, 1.54) is 0 Å². The Hall–Kier alpha value is -1.21. The van der Waals surface area contributed by atoms with Crippen LogP contribution in [0.5, 0.6) is 0 Å². The Morgan fingerprint density at radius 3 is 2.43 bits per heavy atom. The van der Waals surface area contributed by atoms with Crippen LogP contribution < -0.4 is 10.6 Å². The highest BCUT2D eigenvalue weighted by Crippen LogP contribution is 2.25. The fourth-order valence-electron chi connectivity index (χ4n) is 2.79. The minimum Gasteiger partial charge on any atom is -0.376 e. The number of ether oxygens (including phenoxy) is 1. The molecule has 1 aliphatic rings. The third-order valence-corrected chi connectivity index (χ3v) is 5.20. The van der Waals surface area contributed by atoms with E-state index in [2.05, 4.69) is 55.4 Å². The van der Waals surface area contributed by atoms with Gasteiger partial charge in [0.2, 0.25) is 0 Å². The first kappa shape index (κ1) is 18.1. The third kappa shape index (κ3) is 5.73. The summed E-state index contributed by atoms with van der Waals surface area (Å²) in [7, 11) is 0. The van der Waals surface area contributed by atoms with Crippen molar-refractivity contribution >= 4 is 17.4 Å². The number of urea groups is 1. The molecule has 7 heteroatoms. The first-order valence-corrected chi connectivity index (χ1v) is 9.05. The maximum absolute atomic E-state index is 11.9. The van der Waals surface area contributed by atoms with Crippen LogP contribution in [0.15, 0.2) is 0 Å². The Balaban J connectivity index is 1.72. The molecule has 2 amide bonds. The molecule has 2 atom stereocenters. The lowest BCUT2D eigenvalue weighted by Gasteiger charge is -2.32. The number of hydrogen-bond acceptors (Lipinski definition) is 5. The predicted molar refractivity (Wildman–Crippen MR) is 91.6 cm³/mol. The van der Waals surface area contributed by atoms with Crippen molar-refractivity contribution in [3.63, 3.8) is 0 Å². The molecule has 1 aromatic heterocycles. The van der Waals surface area contributed by atoms with E-state index in [0.29, 0.717) is 19.0 Å². The summed E-state index contributed by atoms with van der Waals surface area (Å²) in [6, 6.07) is -0.149. The topological polar surface area (TPSA) is 76.1 Å². The number of hydrogen-bond donors (Lipinski definition) is 2. The van der Waals surface area contributed by atoms with Crippen LogP contribution in [-0.2, 0) is 16.7 Å². The molecular weight excluding hydrogens is 312 g/mol. The fraction of sp³-hybridized carbons (Fsp3) is 0.812. The van der Waals surface area contributed by atoms with Crippen molar-refractivity contribution in [3.05, 3.63) is 10.0 Å². The normalized spacial score (nSPS) is 25.2. The molecule has 1 fully saturated rings. The second-order valence-electron chi connectivity index (χ2n) is 7.41. The summed E-state index contributed by atoms with van der Waals surface area (Å²) in [5.41, 5.74) is -0.00534. The van der Waals surface area contributed by atoms with Crippen molar-refractivity contribution in [3.8, 4) is 0 Å². The highest BCUT2D eigenvalue weighted by Gasteiger charge is 2.24. The summed E-state index contributed by atoms with van der Waals surface area (Å²) in [6.45, 7) is 11.6. The van der Waals surface area contributed by atoms with Crippen LogP contribution in [-0.4, -0.2) is 35.0 Å². The Morgan fingerprint density at radius 2 is 1.87 bits per heavy atom. The maximum atomic E-state index is 11.9. The van der Waals surface area contributed by atoms with Crippen molar-refractivity contribution in [1.82, 2.24) is 20.8 Å². The zero-order valence-corrected chi connectivity index (χ0v) is 15.5. The van der Waals surface area contributed by atoms with Crippen molar-refractivity contribution in [2.45, 2.75) is 71.6 Å². The largest absolute Gasteiger partial charge is 0.376 e. The highest BCUT2D eigenvalue weighted by molar-refractivity contribution is 7.11. The Labute approximate surface area is 142 Å². The molecule has 0 aromatic carbocycles. The second-order valence-corrected chi connectivity index (χ2v) is 8.47. The predicted octanol–water partition coefficient (Wildman–Crippen LogP) is 2.84. The standard InChI is InChI=1S/C16H28N4O2S/c1-10-6-12(7-11(2)22-10)8-17-15(21)18-9-13-19-20-14(23-13)16(3,4)5/h10-12H,6-9H2,1-5H3,(H2,17,18,21)/t10-,11-/m1/s1. The number of aromatic nitrogens is 2. The van der Waals surface area contributed by atoms with Crippen molar-refractivity contribution in [2.24, 2.45) is 5.92 Å². The third-order valence-electron chi connectivity index (χ3n) is 3.86. The molecule has 130 valence electrons. The molecule has 0 radical (unpaired) electrons. The zero-order chi connectivity index (χ0) is 17.0. The number of amides is 2. The highest BCUT2D eigenvalue weighted by atomic mass is 32.1. The molecule has 0 bridgehead atoms. The van der Waals surface area contributed by atoms with Crippen LogP contribution in [0, 0.1) is 5.92 Å². The smallest absolute Gasteiger partial charge is 0.315 e. The first-order chi connectivity index (χ1) is 10.7. The average molecular weight is 340 g/mol. The molecule has 0 aliphatic carbocycles. The van der Waals surface area contributed by atoms with Gasteiger partial charge in [-0.05, 0) is 32.6 Å². The van der Waals surface area contributed by atoms with Gasteiger partial charge >= 0.3 is 6.03 Å². The van der Waals surface area contributed by atoms with E-state index in [1.54, 1.807) is 11.3 Å². The Kier molecular flexibility index (Phi) is 5.97. The molecule has 23 heavy (non-hydrogen) atoms. The van der Waals surface area contributed by atoms with Crippen molar-refractivity contribution in [1.29, 1.82) is 0 Å². The maximum Gasteiger partial charge on any atom is 0.315 e. The lowest BCUT2D eigenvalue weighted by Crippen LogP contribution is -2.41. The zero-order valence-electron chi connectivity index (χ0n) is 14.7. The van der Waals surface area contributed by atoms with E-state index in [4.69, 9.17) is 4.74 Å². The molecule has 1 saturated heterocycles. The monoisotopic (exact) mass is 340 g/mol. The van der Waals surface area contributed by atoms with Gasteiger partial charge in [0.1, 0.15) is 10.0 Å². The van der Waals surface area contributed by atoms with Gasteiger partial charge in [-0.25, -0.2) is 4.79 Å². The van der Waals surface area contributed by atoms with E-state index < -0.39 is 0 Å². The van der Waals surface area contributed by atoms with Gasteiger partial charge in [0.15, 0.2) is 0 Å². The lowest BCUT2D eigenvalue weighted by atomic mass is 9.92. The van der Waals surface area contributed by atoms with Gasteiger partial charge in [-0.15, -0.1) is 10.2 Å². The summed E-state index contributed by atoms with van der Waals surface area (Å²) >= 11 is 1.55. The van der Waals surface area contributed by atoms with Crippen LogP contribution in [0.2, 0.25) is 0 Å². The summed E-state index contributed by atoms with van der Waals surface area (Å²) in [4.78, 5) is 11.9. The van der Waals surface area contributed by atoms with Gasteiger partial charge in [0.05, 0.1) is 18.8 Å².